The number of hydrogen-bond acceptors (Lipinski definition) is 2. The van der Waals surface area contributed by atoms with Gasteiger partial charge < -0.3 is 5.32 Å². The lowest BCUT2D eigenvalue weighted by Gasteiger charge is -2.13. The highest BCUT2D eigenvalue weighted by Crippen LogP contribution is 2.04. The van der Waals surface area contributed by atoms with Gasteiger partial charge in [-0.15, -0.1) is 0 Å². The topological polar surface area (TPSA) is 24.9 Å². The monoisotopic (exact) mass is 178 g/mol. The molecule has 1 N–H and O–H groups in total. The van der Waals surface area contributed by atoms with Crippen LogP contribution < -0.4 is 5.32 Å². The van der Waals surface area contributed by atoms with Gasteiger partial charge in [-0.25, -0.2) is 0 Å². The molecule has 0 aliphatic rings. The van der Waals surface area contributed by atoms with Crippen molar-refractivity contribution in [3.8, 4) is 0 Å². The number of nitrogens with zero attached hydrogens (tertiary/aromatic N) is 1. The Hall–Kier alpha value is -0.890. The summed E-state index contributed by atoms with van der Waals surface area (Å²) in [6, 6.07) is 6.65. The second-order valence-corrected chi connectivity index (χ2v) is 3.30. The minimum atomic E-state index is 0.569. The van der Waals surface area contributed by atoms with Crippen molar-refractivity contribution in [1.29, 1.82) is 0 Å². The molecule has 1 aromatic rings. The summed E-state index contributed by atoms with van der Waals surface area (Å²) in [7, 11) is 2.02. The van der Waals surface area contributed by atoms with Crippen molar-refractivity contribution < 1.29 is 0 Å². The van der Waals surface area contributed by atoms with Gasteiger partial charge in [0.25, 0.3) is 0 Å². The molecular formula is C11H18N2. The van der Waals surface area contributed by atoms with E-state index in [1.807, 2.05) is 25.4 Å². The predicted octanol–water partition coefficient (Wildman–Crippen LogP) is 2.01. The zero-order valence-corrected chi connectivity index (χ0v) is 8.46. The van der Waals surface area contributed by atoms with Crippen LogP contribution in [0, 0.1) is 0 Å². The molecule has 2 nitrogen and oxygen atoms in total. The van der Waals surface area contributed by atoms with Crippen molar-refractivity contribution in [3.63, 3.8) is 0 Å². The Morgan fingerprint density at radius 2 is 2.31 bits per heavy atom. The summed E-state index contributed by atoms with van der Waals surface area (Å²) >= 11 is 0. The maximum absolute atomic E-state index is 4.31. The van der Waals surface area contributed by atoms with Crippen molar-refractivity contribution in [2.75, 3.05) is 7.05 Å². The molecule has 72 valence electrons. The molecule has 0 fully saturated rings. The van der Waals surface area contributed by atoms with E-state index in [0.717, 1.165) is 6.42 Å². The van der Waals surface area contributed by atoms with Gasteiger partial charge >= 0.3 is 0 Å². The van der Waals surface area contributed by atoms with Crippen molar-refractivity contribution in [3.05, 3.63) is 30.1 Å². The molecule has 0 saturated heterocycles. The Morgan fingerprint density at radius 1 is 1.46 bits per heavy atom. The summed E-state index contributed by atoms with van der Waals surface area (Å²) in [6.07, 6.45) is 5.32. The first-order valence-electron chi connectivity index (χ1n) is 4.94. The fourth-order valence-corrected chi connectivity index (χ4v) is 1.47. The van der Waals surface area contributed by atoms with E-state index in [2.05, 4.69) is 23.3 Å². The third-order valence-corrected chi connectivity index (χ3v) is 2.23. The van der Waals surface area contributed by atoms with Crippen LogP contribution in [0.1, 0.15) is 25.5 Å². The van der Waals surface area contributed by atoms with Gasteiger partial charge in [0.05, 0.1) is 0 Å². The lowest BCUT2D eigenvalue weighted by molar-refractivity contribution is 0.509. The van der Waals surface area contributed by atoms with Gasteiger partial charge in [-0.1, -0.05) is 19.4 Å². The molecule has 1 unspecified atom stereocenters. The molecule has 0 radical (unpaired) electrons. The third-order valence-electron chi connectivity index (χ3n) is 2.23. The first-order chi connectivity index (χ1) is 6.36. The second-order valence-electron chi connectivity index (χ2n) is 3.30. The highest BCUT2D eigenvalue weighted by molar-refractivity contribution is 5.05. The van der Waals surface area contributed by atoms with E-state index in [0.29, 0.717) is 6.04 Å². The maximum atomic E-state index is 4.31. The largest absolute Gasteiger partial charge is 0.317 e. The van der Waals surface area contributed by atoms with E-state index in [1.165, 1.54) is 18.5 Å². The van der Waals surface area contributed by atoms with Gasteiger partial charge in [0.2, 0.25) is 0 Å². The number of nitrogens with one attached hydrogen (secondary N) is 1. The van der Waals surface area contributed by atoms with Crippen LogP contribution in [0.4, 0.5) is 0 Å². The third kappa shape index (κ3) is 3.55. The summed E-state index contributed by atoms with van der Waals surface area (Å²) in [4.78, 5) is 4.31. The molecule has 13 heavy (non-hydrogen) atoms. The van der Waals surface area contributed by atoms with Crippen LogP contribution in [-0.2, 0) is 6.42 Å². The smallest absolute Gasteiger partial charge is 0.0419 e. The van der Waals surface area contributed by atoms with E-state index in [4.69, 9.17) is 0 Å². The Balaban J connectivity index is 2.46. The lowest BCUT2D eigenvalue weighted by Crippen LogP contribution is -2.27. The molecule has 1 heterocycles. The van der Waals surface area contributed by atoms with Crippen molar-refractivity contribution >= 4 is 0 Å². The van der Waals surface area contributed by atoms with Crippen LogP contribution in [0.3, 0.4) is 0 Å². The van der Waals surface area contributed by atoms with E-state index in [9.17, 15) is 0 Å². The number of rotatable bonds is 5. The van der Waals surface area contributed by atoms with Gasteiger partial charge in [-0.05, 0) is 25.6 Å². The van der Waals surface area contributed by atoms with Crippen molar-refractivity contribution in [1.82, 2.24) is 10.3 Å². The molecule has 0 aromatic carbocycles. The van der Waals surface area contributed by atoms with Gasteiger partial charge in [-0.2, -0.15) is 0 Å². The average Bonchev–Trinajstić information content (AvgIpc) is 2.19. The average molecular weight is 178 g/mol. The minimum Gasteiger partial charge on any atom is -0.317 e. The van der Waals surface area contributed by atoms with Crippen LogP contribution in [0.2, 0.25) is 0 Å². The zero-order chi connectivity index (χ0) is 9.52. The molecule has 0 aliphatic carbocycles. The molecule has 0 bridgehead atoms. The maximum Gasteiger partial charge on any atom is 0.0419 e. The fourth-order valence-electron chi connectivity index (χ4n) is 1.47. The standard InChI is InChI=1S/C11H18N2/c1-3-6-10(12-2)9-11-7-4-5-8-13-11/h4-5,7-8,10,12H,3,6,9H2,1-2H3. The molecule has 0 saturated carbocycles. The van der Waals surface area contributed by atoms with Crippen LogP contribution >= 0.6 is 0 Å². The summed E-state index contributed by atoms with van der Waals surface area (Å²) in [5, 5.41) is 3.31. The van der Waals surface area contributed by atoms with E-state index in [-0.39, 0.29) is 0 Å². The quantitative estimate of drug-likeness (QED) is 0.746. The fraction of sp³-hybridized carbons (Fsp3) is 0.545. The molecule has 0 amide bonds. The first-order valence-corrected chi connectivity index (χ1v) is 4.94. The zero-order valence-electron chi connectivity index (χ0n) is 8.46. The summed E-state index contributed by atoms with van der Waals surface area (Å²) in [5.74, 6) is 0. The Kier molecular flexibility index (Phi) is 4.47. The molecule has 0 spiro atoms. The van der Waals surface area contributed by atoms with Gasteiger partial charge in [0.1, 0.15) is 0 Å². The van der Waals surface area contributed by atoms with E-state index in [1.54, 1.807) is 0 Å². The molecule has 1 aromatic heterocycles. The highest BCUT2D eigenvalue weighted by atomic mass is 14.9. The van der Waals surface area contributed by atoms with Gasteiger partial charge in [0.15, 0.2) is 0 Å². The second kappa shape index (κ2) is 5.70. The van der Waals surface area contributed by atoms with E-state index >= 15 is 0 Å². The summed E-state index contributed by atoms with van der Waals surface area (Å²) in [6.45, 7) is 2.21. The van der Waals surface area contributed by atoms with Crippen LogP contribution in [0.15, 0.2) is 24.4 Å². The predicted molar refractivity (Wildman–Crippen MR) is 55.7 cm³/mol. The van der Waals surface area contributed by atoms with E-state index < -0.39 is 0 Å². The minimum absolute atomic E-state index is 0.569. The molecule has 1 atom stereocenters. The molecule has 2 heteroatoms. The SMILES string of the molecule is CCCC(Cc1ccccn1)NC. The van der Waals surface area contributed by atoms with Gasteiger partial charge in [-0.3, -0.25) is 4.98 Å². The molecule has 1 rings (SSSR count). The first kappa shape index (κ1) is 10.2. The number of hydrogen-bond donors (Lipinski definition) is 1. The lowest BCUT2D eigenvalue weighted by atomic mass is 10.1. The van der Waals surface area contributed by atoms with Crippen LogP contribution in [0.5, 0.6) is 0 Å². The van der Waals surface area contributed by atoms with Crippen LogP contribution in [0.25, 0.3) is 0 Å². The normalized spacial score (nSPS) is 12.8. The Labute approximate surface area is 80.4 Å². The van der Waals surface area contributed by atoms with Crippen LogP contribution in [-0.4, -0.2) is 18.1 Å². The number of likely N-dealkylation sites (N-methyl/N-ethyl adjacent to an activating group) is 1. The summed E-state index contributed by atoms with van der Waals surface area (Å²) in [5.41, 5.74) is 1.18. The number of pyridine rings is 1. The Bertz CT molecular complexity index is 221. The molecule has 0 aliphatic heterocycles. The Morgan fingerprint density at radius 3 is 2.85 bits per heavy atom. The summed E-state index contributed by atoms with van der Waals surface area (Å²) < 4.78 is 0. The van der Waals surface area contributed by atoms with Crippen molar-refractivity contribution in [2.45, 2.75) is 32.2 Å². The van der Waals surface area contributed by atoms with Gasteiger partial charge in [0, 0.05) is 24.4 Å². The van der Waals surface area contributed by atoms with Crippen molar-refractivity contribution in [2.24, 2.45) is 0 Å². The highest BCUT2D eigenvalue weighted by Gasteiger charge is 2.05. The molecular weight excluding hydrogens is 160 g/mol. The number of aromatic nitrogens is 1.